The highest BCUT2D eigenvalue weighted by Crippen LogP contribution is 2.33. The Labute approximate surface area is 184 Å². The summed E-state index contributed by atoms with van der Waals surface area (Å²) in [5.41, 5.74) is 3.74. The van der Waals surface area contributed by atoms with Gasteiger partial charge in [-0.1, -0.05) is 54.6 Å². The van der Waals surface area contributed by atoms with Crippen LogP contribution in [0.15, 0.2) is 78.0 Å². The van der Waals surface area contributed by atoms with E-state index in [9.17, 15) is 0 Å². The number of rotatable bonds is 7. The topological polar surface area (TPSA) is 63.5 Å². The molecule has 1 aliphatic heterocycles. The zero-order chi connectivity index (χ0) is 21.3. The molecule has 0 radical (unpaired) electrons. The highest BCUT2D eigenvalue weighted by molar-refractivity contribution is 5.79. The summed E-state index contributed by atoms with van der Waals surface area (Å²) in [7, 11) is 1.82. The monoisotopic (exact) mass is 417 g/mol. The molecule has 1 aromatic heterocycles. The Hall–Kier alpha value is -3.12. The van der Waals surface area contributed by atoms with E-state index in [0.717, 1.165) is 38.5 Å². The van der Waals surface area contributed by atoms with Gasteiger partial charge in [-0.05, 0) is 35.6 Å². The van der Waals surface area contributed by atoms with Gasteiger partial charge in [0.2, 0.25) is 0 Å². The zero-order valence-electron chi connectivity index (χ0n) is 18.1. The summed E-state index contributed by atoms with van der Waals surface area (Å²) in [4.78, 5) is 4.43. The third-order valence-corrected chi connectivity index (χ3v) is 5.78. The number of nitrogens with one attached hydrogen (secondary N) is 2. The first kappa shape index (κ1) is 21.1. The molecule has 1 saturated heterocycles. The first-order chi connectivity index (χ1) is 15.3. The molecule has 6 heteroatoms. The fourth-order valence-electron chi connectivity index (χ4n) is 4.14. The average Bonchev–Trinajstić information content (AvgIpc) is 3.34. The number of hydrogen-bond donors (Lipinski definition) is 2. The van der Waals surface area contributed by atoms with E-state index in [0.29, 0.717) is 12.5 Å². The Balaban J connectivity index is 1.34. The van der Waals surface area contributed by atoms with E-state index in [4.69, 9.17) is 4.74 Å². The molecule has 162 valence electrons. The van der Waals surface area contributed by atoms with Crippen molar-refractivity contribution in [3.8, 4) is 0 Å². The average molecular weight is 418 g/mol. The number of ether oxygens (including phenoxy) is 1. The van der Waals surface area contributed by atoms with Crippen LogP contribution in [-0.4, -0.2) is 35.9 Å². The molecule has 1 fully saturated rings. The fraction of sp³-hybridized carbons (Fsp3) is 0.360. The second-order valence-corrected chi connectivity index (χ2v) is 7.88. The standard InChI is InChI=1S/C25H31N5O/c1-26-25(27-17-21-11-5-6-12-23(21)19-30-15-8-14-29-30)28-18-22-13-7-16-31-24(22)20-9-3-2-4-10-20/h2-6,8-12,14-15,22,24H,7,13,16-19H2,1H3,(H2,26,27,28). The summed E-state index contributed by atoms with van der Waals surface area (Å²) >= 11 is 0. The Morgan fingerprint density at radius 2 is 1.87 bits per heavy atom. The lowest BCUT2D eigenvalue weighted by Crippen LogP contribution is -2.41. The number of aliphatic imine (C=N–C) groups is 1. The number of nitrogens with zero attached hydrogens (tertiary/aromatic N) is 3. The lowest BCUT2D eigenvalue weighted by Gasteiger charge is -2.32. The van der Waals surface area contributed by atoms with E-state index >= 15 is 0 Å². The van der Waals surface area contributed by atoms with E-state index in [1.54, 1.807) is 0 Å². The fourth-order valence-corrected chi connectivity index (χ4v) is 4.14. The van der Waals surface area contributed by atoms with Gasteiger partial charge < -0.3 is 15.4 Å². The van der Waals surface area contributed by atoms with E-state index in [2.05, 4.69) is 75.3 Å². The molecule has 0 amide bonds. The van der Waals surface area contributed by atoms with Crippen molar-refractivity contribution in [2.45, 2.75) is 32.0 Å². The van der Waals surface area contributed by atoms with Crippen LogP contribution in [0.1, 0.15) is 35.6 Å². The summed E-state index contributed by atoms with van der Waals surface area (Å²) in [6.45, 7) is 3.12. The van der Waals surface area contributed by atoms with Gasteiger partial charge in [-0.15, -0.1) is 0 Å². The molecule has 2 atom stereocenters. The van der Waals surface area contributed by atoms with Crippen LogP contribution in [-0.2, 0) is 17.8 Å². The largest absolute Gasteiger partial charge is 0.373 e. The quantitative estimate of drug-likeness (QED) is 0.454. The Morgan fingerprint density at radius 3 is 2.65 bits per heavy atom. The van der Waals surface area contributed by atoms with Crippen LogP contribution in [0.2, 0.25) is 0 Å². The van der Waals surface area contributed by atoms with E-state index in [-0.39, 0.29) is 6.10 Å². The van der Waals surface area contributed by atoms with Crippen molar-refractivity contribution >= 4 is 5.96 Å². The first-order valence-corrected chi connectivity index (χ1v) is 11.0. The molecule has 0 saturated carbocycles. The first-order valence-electron chi connectivity index (χ1n) is 11.0. The molecule has 1 aliphatic rings. The maximum Gasteiger partial charge on any atom is 0.191 e. The normalized spacial score (nSPS) is 19.2. The molecule has 2 N–H and O–H groups in total. The highest BCUT2D eigenvalue weighted by atomic mass is 16.5. The molecule has 4 rings (SSSR count). The van der Waals surface area contributed by atoms with Crippen LogP contribution in [0.25, 0.3) is 0 Å². The molecule has 0 bridgehead atoms. The van der Waals surface area contributed by atoms with Crippen molar-refractivity contribution in [3.63, 3.8) is 0 Å². The summed E-state index contributed by atoms with van der Waals surface area (Å²) < 4.78 is 8.07. The Morgan fingerprint density at radius 1 is 1.06 bits per heavy atom. The van der Waals surface area contributed by atoms with Crippen LogP contribution in [0.4, 0.5) is 0 Å². The molecule has 3 aromatic rings. The van der Waals surface area contributed by atoms with Crippen molar-refractivity contribution in [1.29, 1.82) is 0 Å². The van der Waals surface area contributed by atoms with Crippen molar-refractivity contribution in [2.75, 3.05) is 20.2 Å². The van der Waals surface area contributed by atoms with Gasteiger partial charge >= 0.3 is 0 Å². The Bertz CT molecular complexity index is 955. The second-order valence-electron chi connectivity index (χ2n) is 7.88. The maximum atomic E-state index is 6.13. The maximum absolute atomic E-state index is 6.13. The number of aromatic nitrogens is 2. The van der Waals surface area contributed by atoms with Crippen molar-refractivity contribution in [2.24, 2.45) is 10.9 Å². The van der Waals surface area contributed by atoms with Crippen LogP contribution in [0.5, 0.6) is 0 Å². The van der Waals surface area contributed by atoms with Gasteiger partial charge in [-0.3, -0.25) is 9.67 Å². The molecule has 0 aliphatic carbocycles. The summed E-state index contributed by atoms with van der Waals surface area (Å²) in [5, 5.41) is 11.3. The molecule has 2 unspecified atom stereocenters. The third kappa shape index (κ3) is 5.73. The highest BCUT2D eigenvalue weighted by Gasteiger charge is 2.27. The smallest absolute Gasteiger partial charge is 0.191 e. The second kappa shape index (κ2) is 10.8. The van der Waals surface area contributed by atoms with Gasteiger partial charge in [0.05, 0.1) is 12.6 Å². The molecule has 31 heavy (non-hydrogen) atoms. The summed E-state index contributed by atoms with van der Waals surface area (Å²) in [6, 6.07) is 20.9. The van der Waals surface area contributed by atoms with Gasteiger partial charge in [0.25, 0.3) is 0 Å². The minimum atomic E-state index is 0.135. The molecule has 0 spiro atoms. The SMILES string of the molecule is CN=C(NCc1ccccc1Cn1cccn1)NCC1CCCOC1c1ccccc1. The molecule has 2 aromatic carbocycles. The van der Waals surface area contributed by atoms with Gasteiger partial charge in [-0.2, -0.15) is 5.10 Å². The Kier molecular flexibility index (Phi) is 7.34. The van der Waals surface area contributed by atoms with Crippen molar-refractivity contribution in [1.82, 2.24) is 20.4 Å². The van der Waals surface area contributed by atoms with Gasteiger partial charge in [0.1, 0.15) is 0 Å². The summed E-state index contributed by atoms with van der Waals surface area (Å²) in [6.07, 6.45) is 6.18. The number of hydrogen-bond acceptors (Lipinski definition) is 3. The van der Waals surface area contributed by atoms with E-state index in [1.165, 1.54) is 16.7 Å². The molecular formula is C25H31N5O. The molecule has 2 heterocycles. The minimum absolute atomic E-state index is 0.135. The number of benzene rings is 2. The third-order valence-electron chi connectivity index (χ3n) is 5.78. The van der Waals surface area contributed by atoms with Crippen LogP contribution >= 0.6 is 0 Å². The van der Waals surface area contributed by atoms with Crippen LogP contribution in [0.3, 0.4) is 0 Å². The van der Waals surface area contributed by atoms with Crippen LogP contribution in [0, 0.1) is 5.92 Å². The van der Waals surface area contributed by atoms with Crippen molar-refractivity contribution < 1.29 is 4.74 Å². The predicted molar refractivity (Wildman–Crippen MR) is 124 cm³/mol. The van der Waals surface area contributed by atoms with Gasteiger partial charge in [0, 0.05) is 45.1 Å². The lowest BCUT2D eigenvalue weighted by molar-refractivity contribution is -0.0265. The van der Waals surface area contributed by atoms with E-state index < -0.39 is 0 Å². The van der Waals surface area contributed by atoms with Gasteiger partial charge in [-0.25, -0.2) is 0 Å². The molecule has 6 nitrogen and oxygen atoms in total. The zero-order valence-corrected chi connectivity index (χ0v) is 18.1. The number of guanidine groups is 1. The van der Waals surface area contributed by atoms with Crippen LogP contribution < -0.4 is 10.6 Å². The van der Waals surface area contributed by atoms with E-state index in [1.807, 2.05) is 30.2 Å². The van der Waals surface area contributed by atoms with Crippen molar-refractivity contribution in [3.05, 3.63) is 89.7 Å². The van der Waals surface area contributed by atoms with Gasteiger partial charge in [0.15, 0.2) is 5.96 Å². The lowest BCUT2D eigenvalue weighted by atomic mass is 9.89. The predicted octanol–water partition coefficient (Wildman–Crippen LogP) is 3.76. The minimum Gasteiger partial charge on any atom is -0.373 e. The summed E-state index contributed by atoms with van der Waals surface area (Å²) in [5.74, 6) is 1.23. The molecular weight excluding hydrogens is 386 g/mol.